The van der Waals surface area contributed by atoms with Crippen LogP contribution in [0.1, 0.15) is 99.8 Å². The van der Waals surface area contributed by atoms with Crippen LogP contribution in [0.3, 0.4) is 0 Å². The second-order valence-electron chi connectivity index (χ2n) is 15.3. The van der Waals surface area contributed by atoms with E-state index in [1.807, 2.05) is 0 Å². The van der Waals surface area contributed by atoms with E-state index in [1.54, 1.807) is 0 Å². The van der Waals surface area contributed by atoms with Gasteiger partial charge in [0.15, 0.2) is 0 Å². The molecule has 0 heterocycles. The number of aliphatic hydroxyl groups excluding tert-OH is 4. The lowest BCUT2D eigenvalue weighted by molar-refractivity contribution is -0.235. The molecule has 34 heavy (non-hydrogen) atoms. The Morgan fingerprint density at radius 1 is 0.794 bits per heavy atom. The van der Waals surface area contributed by atoms with Gasteiger partial charge in [-0.2, -0.15) is 0 Å². The highest BCUT2D eigenvalue weighted by molar-refractivity contribution is 5.35. The minimum Gasteiger partial charge on any atom is -0.396 e. The molecular formula is C30H50O4. The number of aliphatic hydroxyl groups is 4. The predicted octanol–water partition coefficient (Wildman–Crippen LogP) is 5.08. The first-order valence-electron chi connectivity index (χ1n) is 14.0. The van der Waals surface area contributed by atoms with Crippen molar-refractivity contribution in [2.24, 2.45) is 50.2 Å². The largest absolute Gasteiger partial charge is 0.396 e. The van der Waals surface area contributed by atoms with Crippen molar-refractivity contribution in [2.45, 2.75) is 118 Å². The smallest absolute Gasteiger partial charge is 0.0657 e. The molecule has 0 amide bonds. The van der Waals surface area contributed by atoms with E-state index in [-0.39, 0.29) is 45.7 Å². The molecule has 0 aromatic rings. The second kappa shape index (κ2) is 7.33. The molecule has 4 saturated carbocycles. The van der Waals surface area contributed by atoms with Crippen LogP contribution in [0, 0.1) is 50.2 Å². The van der Waals surface area contributed by atoms with Crippen LogP contribution in [-0.4, -0.2) is 45.3 Å². The molecule has 0 spiro atoms. The van der Waals surface area contributed by atoms with Crippen molar-refractivity contribution in [3.8, 4) is 0 Å². The predicted molar refractivity (Wildman–Crippen MR) is 135 cm³/mol. The molecule has 0 saturated heterocycles. The number of rotatable bonds is 1. The molecule has 5 aliphatic carbocycles. The Bertz CT molecular complexity index is 877. The molecule has 0 aromatic heterocycles. The summed E-state index contributed by atoms with van der Waals surface area (Å²) < 4.78 is 0. The molecule has 0 bridgehead atoms. The van der Waals surface area contributed by atoms with Gasteiger partial charge in [0.05, 0.1) is 30.3 Å². The van der Waals surface area contributed by atoms with Gasteiger partial charge in [0, 0.05) is 0 Å². The van der Waals surface area contributed by atoms with E-state index in [2.05, 4.69) is 54.5 Å². The summed E-state index contributed by atoms with van der Waals surface area (Å²) in [5, 5.41) is 44.6. The highest BCUT2D eigenvalue weighted by Gasteiger charge is 2.70. The van der Waals surface area contributed by atoms with E-state index in [1.165, 1.54) is 5.57 Å². The fourth-order valence-electron chi connectivity index (χ4n) is 10.9. The van der Waals surface area contributed by atoms with Gasteiger partial charge in [-0.3, -0.25) is 0 Å². The van der Waals surface area contributed by atoms with Crippen molar-refractivity contribution in [3.05, 3.63) is 11.6 Å². The summed E-state index contributed by atoms with van der Waals surface area (Å²) in [4.78, 5) is 0. The van der Waals surface area contributed by atoms with Gasteiger partial charge >= 0.3 is 0 Å². The average molecular weight is 475 g/mol. The minimum atomic E-state index is -0.845. The lowest BCUT2D eigenvalue weighted by Crippen LogP contribution is -2.69. The average Bonchev–Trinajstić information content (AvgIpc) is 2.71. The lowest BCUT2D eigenvalue weighted by atomic mass is 9.33. The molecule has 4 heteroatoms. The highest BCUT2D eigenvalue weighted by atomic mass is 16.3. The number of allylic oxidation sites excluding steroid dienone is 2. The van der Waals surface area contributed by atoms with Crippen LogP contribution in [0.15, 0.2) is 11.6 Å². The number of fused-ring (bicyclic) bond motifs is 7. The first-order valence-corrected chi connectivity index (χ1v) is 14.0. The van der Waals surface area contributed by atoms with Crippen LogP contribution < -0.4 is 0 Å². The van der Waals surface area contributed by atoms with Gasteiger partial charge in [0.1, 0.15) is 0 Å². The Kier molecular flexibility index (Phi) is 5.44. The van der Waals surface area contributed by atoms with Gasteiger partial charge in [0.2, 0.25) is 0 Å². The quantitative estimate of drug-likeness (QED) is 0.399. The Hall–Kier alpha value is -0.420. The van der Waals surface area contributed by atoms with Crippen LogP contribution in [0.4, 0.5) is 0 Å². The van der Waals surface area contributed by atoms with Crippen LogP contribution in [0.25, 0.3) is 0 Å². The lowest BCUT2D eigenvalue weighted by Gasteiger charge is -2.72. The third kappa shape index (κ3) is 2.86. The monoisotopic (exact) mass is 474 g/mol. The summed E-state index contributed by atoms with van der Waals surface area (Å²) >= 11 is 0. The first-order chi connectivity index (χ1) is 15.6. The van der Waals surface area contributed by atoms with Crippen LogP contribution in [0.2, 0.25) is 0 Å². The SMILES string of the molecule is CC1(C)CC2C3=CCC4[C@@]5(C)CC[C@H](O)C(C)(C)C5CC[C@@]4(C)[C@]3(C)C[C@@H](O)[C@@]2(CO)[C@@H](O)C1. The van der Waals surface area contributed by atoms with E-state index in [4.69, 9.17) is 0 Å². The zero-order valence-corrected chi connectivity index (χ0v) is 22.7. The van der Waals surface area contributed by atoms with E-state index >= 15 is 0 Å². The molecule has 3 unspecified atom stereocenters. The van der Waals surface area contributed by atoms with Gasteiger partial charge in [-0.15, -0.1) is 0 Å². The van der Waals surface area contributed by atoms with Crippen LogP contribution in [-0.2, 0) is 0 Å². The van der Waals surface area contributed by atoms with Crippen LogP contribution >= 0.6 is 0 Å². The van der Waals surface area contributed by atoms with Crippen LogP contribution in [0.5, 0.6) is 0 Å². The van der Waals surface area contributed by atoms with Gasteiger partial charge in [0.25, 0.3) is 0 Å². The Balaban J connectivity index is 1.62. The fraction of sp³-hybridized carbons (Fsp3) is 0.933. The Labute approximate surface area is 207 Å². The second-order valence-corrected chi connectivity index (χ2v) is 15.3. The van der Waals surface area contributed by atoms with Gasteiger partial charge < -0.3 is 20.4 Å². The highest BCUT2D eigenvalue weighted by Crippen LogP contribution is 2.75. The summed E-state index contributed by atoms with van der Waals surface area (Å²) in [6.45, 7) is 16.2. The normalized spacial score (nSPS) is 55.8. The molecule has 4 N–H and O–H groups in total. The van der Waals surface area contributed by atoms with Crippen molar-refractivity contribution >= 4 is 0 Å². The maximum Gasteiger partial charge on any atom is 0.0657 e. The van der Waals surface area contributed by atoms with Crippen molar-refractivity contribution in [2.75, 3.05) is 6.61 Å². The maximum absolute atomic E-state index is 11.7. The molecule has 0 aromatic carbocycles. The van der Waals surface area contributed by atoms with E-state index < -0.39 is 17.6 Å². The van der Waals surface area contributed by atoms with Crippen molar-refractivity contribution < 1.29 is 20.4 Å². The van der Waals surface area contributed by atoms with Gasteiger partial charge in [-0.25, -0.2) is 0 Å². The molecular weight excluding hydrogens is 424 g/mol. The third-order valence-electron chi connectivity index (χ3n) is 13.1. The van der Waals surface area contributed by atoms with Crippen molar-refractivity contribution in [1.29, 1.82) is 0 Å². The Morgan fingerprint density at radius 3 is 2.09 bits per heavy atom. The van der Waals surface area contributed by atoms with Gasteiger partial charge in [-0.1, -0.05) is 60.1 Å². The van der Waals surface area contributed by atoms with E-state index in [0.717, 1.165) is 38.5 Å². The number of hydrogen-bond donors (Lipinski definition) is 4. The molecule has 4 nitrogen and oxygen atoms in total. The molecule has 10 atom stereocenters. The molecule has 0 aliphatic heterocycles. The maximum atomic E-state index is 11.7. The first kappa shape index (κ1) is 25.2. The van der Waals surface area contributed by atoms with Crippen molar-refractivity contribution in [3.63, 3.8) is 0 Å². The minimum absolute atomic E-state index is 0.0120. The van der Waals surface area contributed by atoms with Crippen molar-refractivity contribution in [1.82, 2.24) is 0 Å². The van der Waals surface area contributed by atoms with E-state index in [0.29, 0.717) is 24.7 Å². The fourth-order valence-corrected chi connectivity index (χ4v) is 10.9. The summed E-state index contributed by atoms with van der Waals surface area (Å²) in [6.07, 6.45) is 8.23. The van der Waals surface area contributed by atoms with Gasteiger partial charge in [-0.05, 0) is 96.2 Å². The summed E-state index contributed by atoms with van der Waals surface area (Å²) in [7, 11) is 0. The molecule has 5 aliphatic rings. The number of hydrogen-bond acceptors (Lipinski definition) is 4. The molecule has 5 rings (SSSR count). The Morgan fingerprint density at radius 2 is 1.44 bits per heavy atom. The zero-order valence-electron chi connectivity index (χ0n) is 22.7. The molecule has 4 fully saturated rings. The van der Waals surface area contributed by atoms with E-state index in [9.17, 15) is 20.4 Å². The topological polar surface area (TPSA) is 80.9 Å². The summed E-state index contributed by atoms with van der Waals surface area (Å²) in [5.41, 5.74) is 0.539. The summed E-state index contributed by atoms with van der Waals surface area (Å²) in [6, 6.07) is 0. The third-order valence-corrected chi connectivity index (χ3v) is 13.1. The molecule has 0 radical (unpaired) electrons. The zero-order chi connectivity index (χ0) is 25.1. The standard InChI is InChI=1S/C30H50O4/c1-25(2)14-19-18-8-9-21-27(5)12-11-22(32)26(3,4)20(27)10-13-28(21,6)29(18,7)16-24(34)30(19,17-31)23(33)15-25/h8,19-24,31-34H,9-17H2,1-7H3/t19?,20?,21?,22-,23-,24+,27-,28+,29+,30+/m0/s1. The summed E-state index contributed by atoms with van der Waals surface area (Å²) in [5.74, 6) is 1.02. The molecule has 194 valence electrons.